The Morgan fingerprint density at radius 3 is 2.50 bits per heavy atom. The van der Waals surface area contributed by atoms with Crippen molar-refractivity contribution in [3.63, 3.8) is 0 Å². The first kappa shape index (κ1) is 23.8. The fourth-order valence-electron chi connectivity index (χ4n) is 3.60. The summed E-state index contributed by atoms with van der Waals surface area (Å²) in [6.07, 6.45) is 6.04. The summed E-state index contributed by atoms with van der Waals surface area (Å²) in [7, 11) is 0. The van der Waals surface area contributed by atoms with Crippen LogP contribution in [0.4, 0.5) is 8.78 Å². The SMILES string of the molecule is CC(C)CNC(=O)[C@@H](CC1CCCCC1)N=C(N)NC(=O)Cc1ccc(F)c(F)c1. The van der Waals surface area contributed by atoms with Gasteiger partial charge in [-0.1, -0.05) is 52.0 Å². The van der Waals surface area contributed by atoms with Crippen molar-refractivity contribution < 1.29 is 18.4 Å². The van der Waals surface area contributed by atoms with E-state index in [4.69, 9.17) is 5.73 Å². The molecule has 0 unspecified atom stereocenters. The normalized spacial score (nSPS) is 16.4. The van der Waals surface area contributed by atoms with Crippen LogP contribution in [0, 0.1) is 23.5 Å². The maximum Gasteiger partial charge on any atom is 0.244 e. The average Bonchev–Trinajstić information content (AvgIpc) is 2.69. The van der Waals surface area contributed by atoms with Crippen LogP contribution >= 0.6 is 0 Å². The van der Waals surface area contributed by atoms with Crippen LogP contribution in [-0.2, 0) is 16.0 Å². The number of carbonyl (C=O) groups excluding carboxylic acids is 2. The third kappa shape index (κ3) is 8.08. The molecule has 2 rings (SSSR count). The second-order valence-electron chi connectivity index (χ2n) is 8.38. The molecule has 0 heterocycles. The summed E-state index contributed by atoms with van der Waals surface area (Å²) in [5.74, 6) is -2.14. The van der Waals surface area contributed by atoms with Crippen molar-refractivity contribution in [2.75, 3.05) is 6.54 Å². The minimum atomic E-state index is -1.02. The molecule has 1 aliphatic carbocycles. The highest BCUT2D eigenvalue weighted by Crippen LogP contribution is 2.28. The van der Waals surface area contributed by atoms with Crippen LogP contribution in [0.2, 0.25) is 0 Å². The minimum Gasteiger partial charge on any atom is -0.370 e. The van der Waals surface area contributed by atoms with Crippen LogP contribution in [0.3, 0.4) is 0 Å². The summed E-state index contributed by atoms with van der Waals surface area (Å²) in [5, 5.41) is 5.33. The van der Waals surface area contributed by atoms with Crippen molar-refractivity contribution in [2.24, 2.45) is 22.6 Å². The molecule has 1 aliphatic rings. The number of benzene rings is 1. The van der Waals surface area contributed by atoms with E-state index in [9.17, 15) is 18.4 Å². The molecule has 0 aliphatic heterocycles. The molecular formula is C22H32F2N4O2. The lowest BCUT2D eigenvalue weighted by molar-refractivity contribution is -0.123. The quantitative estimate of drug-likeness (QED) is 0.444. The van der Waals surface area contributed by atoms with Gasteiger partial charge in [0.25, 0.3) is 0 Å². The number of amides is 2. The number of guanidine groups is 1. The number of rotatable bonds is 8. The van der Waals surface area contributed by atoms with E-state index >= 15 is 0 Å². The van der Waals surface area contributed by atoms with Gasteiger partial charge in [0.15, 0.2) is 17.6 Å². The van der Waals surface area contributed by atoms with Gasteiger partial charge in [0, 0.05) is 6.54 Å². The fraction of sp³-hybridized carbons (Fsp3) is 0.591. The van der Waals surface area contributed by atoms with Crippen LogP contribution in [0.15, 0.2) is 23.2 Å². The van der Waals surface area contributed by atoms with Gasteiger partial charge >= 0.3 is 0 Å². The second-order valence-corrected chi connectivity index (χ2v) is 8.38. The van der Waals surface area contributed by atoms with Crippen LogP contribution < -0.4 is 16.4 Å². The number of aliphatic imine (C=N–C) groups is 1. The fourth-order valence-corrected chi connectivity index (χ4v) is 3.60. The predicted molar refractivity (Wildman–Crippen MR) is 113 cm³/mol. The first-order chi connectivity index (χ1) is 14.2. The summed E-state index contributed by atoms with van der Waals surface area (Å²) in [4.78, 5) is 29.1. The molecule has 0 bridgehead atoms. The van der Waals surface area contributed by atoms with E-state index < -0.39 is 23.6 Å². The van der Waals surface area contributed by atoms with Crippen molar-refractivity contribution in [3.05, 3.63) is 35.4 Å². The Kier molecular flexibility index (Phi) is 9.20. The summed E-state index contributed by atoms with van der Waals surface area (Å²) in [6, 6.07) is 2.59. The van der Waals surface area contributed by atoms with E-state index in [1.807, 2.05) is 13.8 Å². The molecule has 8 heteroatoms. The van der Waals surface area contributed by atoms with Gasteiger partial charge in [-0.05, 0) is 36.0 Å². The van der Waals surface area contributed by atoms with E-state index in [0.717, 1.165) is 37.8 Å². The molecule has 6 nitrogen and oxygen atoms in total. The topological polar surface area (TPSA) is 96.6 Å². The van der Waals surface area contributed by atoms with Gasteiger partial charge in [0.2, 0.25) is 11.8 Å². The van der Waals surface area contributed by atoms with Crippen LogP contribution in [0.5, 0.6) is 0 Å². The Morgan fingerprint density at radius 2 is 1.87 bits per heavy atom. The average molecular weight is 423 g/mol. The zero-order valence-electron chi connectivity index (χ0n) is 17.7. The van der Waals surface area contributed by atoms with E-state index in [2.05, 4.69) is 15.6 Å². The lowest BCUT2D eigenvalue weighted by Gasteiger charge is -2.24. The van der Waals surface area contributed by atoms with Gasteiger partial charge in [-0.2, -0.15) is 0 Å². The van der Waals surface area contributed by atoms with Gasteiger partial charge in [-0.25, -0.2) is 13.8 Å². The third-order valence-electron chi connectivity index (χ3n) is 5.18. The van der Waals surface area contributed by atoms with Crippen molar-refractivity contribution in [1.82, 2.24) is 10.6 Å². The highest BCUT2D eigenvalue weighted by atomic mass is 19.2. The predicted octanol–water partition coefficient (Wildman–Crippen LogP) is 3.05. The van der Waals surface area contributed by atoms with Crippen molar-refractivity contribution in [2.45, 2.75) is 64.8 Å². The first-order valence-corrected chi connectivity index (χ1v) is 10.6. The number of carbonyl (C=O) groups is 2. The van der Waals surface area contributed by atoms with Crippen LogP contribution in [-0.4, -0.2) is 30.4 Å². The summed E-state index contributed by atoms with van der Waals surface area (Å²) in [5.41, 5.74) is 6.20. The molecule has 166 valence electrons. The Balaban J connectivity index is 2.01. The molecule has 0 spiro atoms. The number of nitrogens with zero attached hydrogens (tertiary/aromatic N) is 1. The Labute approximate surface area is 176 Å². The number of hydrogen-bond donors (Lipinski definition) is 3. The lowest BCUT2D eigenvalue weighted by atomic mass is 9.84. The van der Waals surface area contributed by atoms with Crippen molar-refractivity contribution in [1.29, 1.82) is 0 Å². The Bertz CT molecular complexity index is 762. The molecule has 1 aromatic carbocycles. The second kappa shape index (κ2) is 11.6. The molecule has 4 N–H and O–H groups in total. The zero-order chi connectivity index (χ0) is 22.1. The number of halogens is 2. The Hall–Kier alpha value is -2.51. The van der Waals surface area contributed by atoms with Crippen LogP contribution in [0.25, 0.3) is 0 Å². The van der Waals surface area contributed by atoms with Gasteiger partial charge in [0.1, 0.15) is 6.04 Å². The molecule has 0 aromatic heterocycles. The molecule has 2 amide bonds. The van der Waals surface area contributed by atoms with E-state index in [1.165, 1.54) is 12.5 Å². The van der Waals surface area contributed by atoms with Gasteiger partial charge in [-0.15, -0.1) is 0 Å². The summed E-state index contributed by atoms with van der Waals surface area (Å²) in [6.45, 7) is 4.55. The molecule has 30 heavy (non-hydrogen) atoms. The summed E-state index contributed by atoms with van der Waals surface area (Å²) >= 11 is 0. The standard InChI is InChI=1S/C22H32F2N4O2/c1-14(2)13-26-21(30)19(11-15-6-4-3-5-7-15)27-22(25)28-20(29)12-16-8-9-17(23)18(24)10-16/h8-10,14-15,19H,3-7,11-13H2,1-2H3,(H,26,30)(H3,25,27,28,29)/t19-/m1/s1. The summed E-state index contributed by atoms with van der Waals surface area (Å²) < 4.78 is 26.3. The van der Waals surface area contributed by atoms with Crippen molar-refractivity contribution >= 4 is 17.8 Å². The van der Waals surface area contributed by atoms with Gasteiger partial charge in [0.05, 0.1) is 6.42 Å². The molecule has 1 saturated carbocycles. The van der Waals surface area contributed by atoms with E-state index in [0.29, 0.717) is 30.4 Å². The molecule has 0 saturated heterocycles. The van der Waals surface area contributed by atoms with E-state index in [1.54, 1.807) is 0 Å². The van der Waals surface area contributed by atoms with Crippen molar-refractivity contribution in [3.8, 4) is 0 Å². The smallest absolute Gasteiger partial charge is 0.244 e. The molecule has 1 fully saturated rings. The lowest BCUT2D eigenvalue weighted by Crippen LogP contribution is -2.42. The largest absolute Gasteiger partial charge is 0.370 e. The van der Waals surface area contributed by atoms with Gasteiger partial charge < -0.3 is 11.1 Å². The third-order valence-corrected chi connectivity index (χ3v) is 5.18. The van der Waals surface area contributed by atoms with Gasteiger partial charge in [-0.3, -0.25) is 14.9 Å². The molecule has 0 radical (unpaired) electrons. The molecular weight excluding hydrogens is 390 g/mol. The van der Waals surface area contributed by atoms with Crippen LogP contribution in [0.1, 0.15) is 57.9 Å². The molecule has 1 atom stereocenters. The first-order valence-electron chi connectivity index (χ1n) is 10.6. The highest BCUT2D eigenvalue weighted by molar-refractivity contribution is 5.98. The number of nitrogens with one attached hydrogen (secondary N) is 2. The Morgan fingerprint density at radius 1 is 1.17 bits per heavy atom. The minimum absolute atomic E-state index is 0.150. The molecule has 1 aromatic rings. The highest BCUT2D eigenvalue weighted by Gasteiger charge is 2.24. The maximum atomic E-state index is 13.3. The van der Waals surface area contributed by atoms with E-state index in [-0.39, 0.29) is 18.3 Å². The maximum absolute atomic E-state index is 13.3. The monoisotopic (exact) mass is 422 g/mol. The number of hydrogen-bond acceptors (Lipinski definition) is 3. The number of nitrogens with two attached hydrogens (primary N) is 1. The zero-order valence-corrected chi connectivity index (χ0v) is 17.7.